The Hall–Kier alpha value is -2.73. The van der Waals surface area contributed by atoms with E-state index in [0.29, 0.717) is 23.1 Å². The van der Waals surface area contributed by atoms with Gasteiger partial charge in [0.25, 0.3) is 0 Å². The van der Waals surface area contributed by atoms with Crippen LogP contribution in [0.1, 0.15) is 74.6 Å². The van der Waals surface area contributed by atoms with Crippen molar-refractivity contribution in [3.8, 4) is 0 Å². The van der Waals surface area contributed by atoms with E-state index in [1.165, 1.54) is 0 Å². The Morgan fingerprint density at radius 3 is 2.39 bits per heavy atom. The Kier molecular flexibility index (Phi) is 5.16. The Morgan fingerprint density at radius 1 is 1.16 bits per heavy atom. The molecule has 1 aromatic carbocycles. The molecule has 1 fully saturated rings. The predicted molar refractivity (Wildman–Crippen MR) is 114 cm³/mol. The zero-order valence-corrected chi connectivity index (χ0v) is 18.6. The van der Waals surface area contributed by atoms with E-state index in [0.717, 1.165) is 6.42 Å². The highest BCUT2D eigenvalue weighted by molar-refractivity contribution is 6.26. The van der Waals surface area contributed by atoms with E-state index < -0.39 is 17.7 Å². The minimum Gasteiger partial charge on any atom is -0.479 e. The second-order valence-electron chi connectivity index (χ2n) is 9.31. The highest BCUT2D eigenvalue weighted by atomic mass is 16.6. The van der Waals surface area contributed by atoms with Crippen molar-refractivity contribution in [2.45, 2.75) is 77.3 Å². The summed E-state index contributed by atoms with van der Waals surface area (Å²) in [6, 6.07) is 6.71. The monoisotopic (exact) mass is 424 g/mol. The van der Waals surface area contributed by atoms with Gasteiger partial charge in [-0.15, -0.1) is 0 Å². The molecule has 6 heteroatoms. The highest BCUT2D eigenvalue weighted by Crippen LogP contribution is 2.41. The summed E-state index contributed by atoms with van der Waals surface area (Å²) in [6.07, 6.45) is 3.11. The van der Waals surface area contributed by atoms with Gasteiger partial charge in [0, 0.05) is 23.1 Å². The fourth-order valence-corrected chi connectivity index (χ4v) is 4.15. The maximum absolute atomic E-state index is 13.0. The number of esters is 1. The molecule has 0 N–H and O–H groups in total. The van der Waals surface area contributed by atoms with Gasteiger partial charge in [0.15, 0.2) is 11.5 Å². The molecule has 3 aliphatic rings. The number of ether oxygens (including phenoxy) is 3. The van der Waals surface area contributed by atoms with E-state index in [1.54, 1.807) is 45.0 Å². The van der Waals surface area contributed by atoms with Crippen LogP contribution in [-0.4, -0.2) is 40.9 Å². The molecule has 4 rings (SSSR count). The molecule has 0 saturated carbocycles. The van der Waals surface area contributed by atoms with Crippen LogP contribution in [0.3, 0.4) is 0 Å². The van der Waals surface area contributed by atoms with Crippen molar-refractivity contribution in [2.24, 2.45) is 0 Å². The molecule has 0 amide bonds. The van der Waals surface area contributed by atoms with Crippen molar-refractivity contribution in [1.29, 1.82) is 0 Å². The minimum atomic E-state index is -0.943. The van der Waals surface area contributed by atoms with Gasteiger partial charge in [-0.25, -0.2) is 4.79 Å². The first-order chi connectivity index (χ1) is 14.5. The summed E-state index contributed by atoms with van der Waals surface area (Å²) in [4.78, 5) is 38.6. The fourth-order valence-electron chi connectivity index (χ4n) is 4.15. The third-order valence-electron chi connectivity index (χ3n) is 6.61. The van der Waals surface area contributed by atoms with Crippen LogP contribution in [0, 0.1) is 0 Å². The average Bonchev–Trinajstić information content (AvgIpc) is 3.32. The van der Waals surface area contributed by atoms with E-state index in [9.17, 15) is 14.4 Å². The molecule has 0 bridgehead atoms. The number of ketones is 2. The van der Waals surface area contributed by atoms with Gasteiger partial charge in [0.1, 0.15) is 11.7 Å². The molecule has 0 unspecified atom stereocenters. The summed E-state index contributed by atoms with van der Waals surface area (Å²) in [7, 11) is 0. The van der Waals surface area contributed by atoms with Gasteiger partial charge in [-0.1, -0.05) is 30.3 Å². The number of fused-ring (bicyclic) bond motifs is 1. The minimum absolute atomic E-state index is 0.0695. The smallest absolute Gasteiger partial charge is 0.333 e. The third-order valence-corrected chi connectivity index (χ3v) is 6.61. The second kappa shape index (κ2) is 7.45. The van der Waals surface area contributed by atoms with Crippen LogP contribution in [-0.2, 0) is 19.0 Å². The number of hydrogen-bond donors (Lipinski definition) is 0. The van der Waals surface area contributed by atoms with Crippen LogP contribution < -0.4 is 0 Å². The Morgan fingerprint density at radius 2 is 1.77 bits per heavy atom. The van der Waals surface area contributed by atoms with Gasteiger partial charge in [0.2, 0.25) is 5.78 Å². The summed E-state index contributed by atoms with van der Waals surface area (Å²) >= 11 is 0. The molecule has 3 atom stereocenters. The highest BCUT2D eigenvalue weighted by Gasteiger charge is 2.48. The third kappa shape index (κ3) is 3.85. The van der Waals surface area contributed by atoms with Gasteiger partial charge in [0.05, 0.1) is 17.3 Å². The molecule has 0 aromatic heterocycles. The molecule has 1 aromatic rings. The number of carbonyl (C=O) groups is 3. The maximum Gasteiger partial charge on any atom is 0.333 e. The lowest BCUT2D eigenvalue weighted by Gasteiger charge is -2.40. The van der Waals surface area contributed by atoms with Crippen molar-refractivity contribution in [2.75, 3.05) is 0 Å². The zero-order valence-electron chi connectivity index (χ0n) is 18.6. The van der Waals surface area contributed by atoms with Crippen molar-refractivity contribution < 1.29 is 28.6 Å². The molecule has 0 spiro atoms. The van der Waals surface area contributed by atoms with Gasteiger partial charge < -0.3 is 14.2 Å². The lowest BCUT2D eigenvalue weighted by atomic mass is 9.81. The van der Waals surface area contributed by atoms with E-state index in [1.807, 2.05) is 13.0 Å². The number of Topliss-reactive ketones (excluding diaryl/α,β-unsaturated/α-hetero) is 2. The van der Waals surface area contributed by atoms with Crippen molar-refractivity contribution in [3.63, 3.8) is 0 Å². The zero-order chi connectivity index (χ0) is 22.6. The molecule has 1 saturated heterocycles. The Bertz CT molecular complexity index is 1030. The lowest BCUT2D eigenvalue weighted by Crippen LogP contribution is -2.48. The van der Waals surface area contributed by atoms with Gasteiger partial charge in [-0.3, -0.25) is 9.59 Å². The second-order valence-corrected chi connectivity index (χ2v) is 9.31. The first kappa shape index (κ1) is 21.5. The van der Waals surface area contributed by atoms with Crippen LogP contribution in [0.4, 0.5) is 0 Å². The summed E-state index contributed by atoms with van der Waals surface area (Å²) < 4.78 is 17.3. The summed E-state index contributed by atoms with van der Waals surface area (Å²) in [5.74, 6) is -0.930. The fraction of sp³-hybridized carbons (Fsp3) is 0.480. The quantitative estimate of drug-likeness (QED) is 0.397. The standard InChI is InChI=1S/C25H28O6/c1-14(9-8-12-25(5)15(2)30-25)23(28)29-19-13-18-20(26)16-10-6-7-11-17(16)21(27)22(18)31-24(19,3)4/h6-7,9-11,15,19H,8,12-13H2,1-5H3/b14-9+/t15-,19+,25-/m0/s1. The van der Waals surface area contributed by atoms with E-state index in [-0.39, 0.29) is 41.0 Å². The molecule has 164 valence electrons. The van der Waals surface area contributed by atoms with Gasteiger partial charge in [-0.2, -0.15) is 0 Å². The topological polar surface area (TPSA) is 82.2 Å². The van der Waals surface area contributed by atoms with E-state index in [2.05, 4.69) is 6.92 Å². The number of allylic oxidation sites excluding steroid dienone is 2. The first-order valence-corrected chi connectivity index (χ1v) is 10.7. The van der Waals surface area contributed by atoms with Crippen LogP contribution in [0.5, 0.6) is 0 Å². The summed E-state index contributed by atoms with van der Waals surface area (Å²) in [5.41, 5.74) is 0.438. The molecule has 31 heavy (non-hydrogen) atoms. The van der Waals surface area contributed by atoms with Crippen LogP contribution in [0.2, 0.25) is 0 Å². The molecule has 6 nitrogen and oxygen atoms in total. The van der Waals surface area contributed by atoms with Crippen LogP contribution >= 0.6 is 0 Å². The van der Waals surface area contributed by atoms with Crippen LogP contribution in [0.15, 0.2) is 47.2 Å². The predicted octanol–water partition coefficient (Wildman–Crippen LogP) is 4.33. The Balaban J connectivity index is 1.48. The largest absolute Gasteiger partial charge is 0.479 e. The molecule has 0 radical (unpaired) electrons. The molecule has 1 aliphatic carbocycles. The molecular formula is C25H28O6. The number of carbonyl (C=O) groups excluding carboxylic acids is 3. The summed E-state index contributed by atoms with van der Waals surface area (Å²) in [5, 5.41) is 0. The number of rotatable bonds is 5. The van der Waals surface area contributed by atoms with Crippen molar-refractivity contribution in [1.82, 2.24) is 0 Å². The number of benzene rings is 1. The first-order valence-electron chi connectivity index (χ1n) is 10.7. The number of hydrogen-bond acceptors (Lipinski definition) is 6. The van der Waals surface area contributed by atoms with Crippen LogP contribution in [0.25, 0.3) is 0 Å². The van der Waals surface area contributed by atoms with Crippen molar-refractivity contribution >= 4 is 17.5 Å². The molecular weight excluding hydrogens is 396 g/mol. The van der Waals surface area contributed by atoms with Gasteiger partial charge in [-0.05, 0) is 47.5 Å². The van der Waals surface area contributed by atoms with E-state index >= 15 is 0 Å². The molecule has 2 aliphatic heterocycles. The molecule has 2 heterocycles. The number of epoxide rings is 1. The Labute approximate surface area is 182 Å². The summed E-state index contributed by atoms with van der Waals surface area (Å²) in [6.45, 7) is 9.34. The lowest BCUT2D eigenvalue weighted by molar-refractivity contribution is -0.161. The maximum atomic E-state index is 13.0. The van der Waals surface area contributed by atoms with Crippen molar-refractivity contribution in [3.05, 3.63) is 58.4 Å². The normalized spacial score (nSPS) is 29.1. The average molecular weight is 424 g/mol. The van der Waals surface area contributed by atoms with Gasteiger partial charge >= 0.3 is 5.97 Å². The SMILES string of the molecule is C/C(=C\CC[C@]1(C)O[C@H]1C)C(=O)O[C@@H]1CC2=C(OC1(C)C)C(=O)c1ccccc1C2=O. The van der Waals surface area contributed by atoms with E-state index in [4.69, 9.17) is 14.2 Å².